The average Bonchev–Trinajstić information content (AvgIpc) is 3.53. The Kier molecular flexibility index (Phi) is 5.81. The molecule has 2 aromatic heterocycles. The van der Waals surface area contributed by atoms with Crippen LogP contribution < -0.4 is 5.32 Å². The van der Waals surface area contributed by atoms with Crippen LogP contribution in [0.4, 0.5) is 5.69 Å². The Balaban J connectivity index is 1.24. The maximum Gasteiger partial charge on any atom is 0.228 e. The van der Waals surface area contributed by atoms with Gasteiger partial charge in [-0.3, -0.25) is 14.8 Å². The van der Waals surface area contributed by atoms with Crippen LogP contribution in [0.2, 0.25) is 0 Å². The number of amides is 1. The van der Waals surface area contributed by atoms with Crippen LogP contribution in [0.1, 0.15) is 18.4 Å². The molecule has 1 atom stereocenters. The number of nitrogens with one attached hydrogen (secondary N) is 2. The summed E-state index contributed by atoms with van der Waals surface area (Å²) in [5.41, 5.74) is 5.05. The lowest BCUT2D eigenvalue weighted by Gasteiger charge is -2.32. The van der Waals surface area contributed by atoms with Gasteiger partial charge in [0.2, 0.25) is 5.91 Å². The summed E-state index contributed by atoms with van der Waals surface area (Å²) in [6.07, 6.45) is 7.43. The van der Waals surface area contributed by atoms with Crippen molar-refractivity contribution in [3.63, 3.8) is 0 Å². The third kappa shape index (κ3) is 4.48. The van der Waals surface area contributed by atoms with E-state index in [1.165, 1.54) is 0 Å². The lowest BCUT2D eigenvalue weighted by Crippen LogP contribution is -2.40. The lowest BCUT2D eigenvalue weighted by molar-refractivity contribution is -0.121. The molecule has 1 aliphatic rings. The fraction of sp³-hybridized carbons (Fsp3) is 0.240. The molecule has 5 rings (SSSR count). The number of nitrogens with zero attached hydrogens (tertiary/aromatic N) is 4. The highest BCUT2D eigenvalue weighted by molar-refractivity contribution is 5.93. The molecule has 162 valence electrons. The number of carbonyl (C=O) groups is 1. The Morgan fingerprint density at radius 1 is 1.12 bits per heavy atom. The average molecular weight is 427 g/mol. The maximum absolute atomic E-state index is 13.0. The molecule has 7 nitrogen and oxygen atoms in total. The van der Waals surface area contributed by atoms with Crippen molar-refractivity contribution in [3.05, 3.63) is 84.8 Å². The van der Waals surface area contributed by atoms with Gasteiger partial charge in [0.15, 0.2) is 0 Å². The van der Waals surface area contributed by atoms with Crippen LogP contribution in [0.3, 0.4) is 0 Å². The van der Waals surface area contributed by atoms with Gasteiger partial charge in [0, 0.05) is 36.7 Å². The van der Waals surface area contributed by atoms with E-state index in [9.17, 15) is 4.79 Å². The maximum atomic E-state index is 13.0. The van der Waals surface area contributed by atoms with Crippen LogP contribution in [-0.4, -0.2) is 43.9 Å². The summed E-state index contributed by atoms with van der Waals surface area (Å²) in [5, 5.41) is 14.8. The quantitative estimate of drug-likeness (QED) is 0.486. The number of aromatic amines is 1. The number of likely N-dealkylation sites (tertiary alicyclic amines) is 1. The van der Waals surface area contributed by atoms with E-state index in [1.807, 2.05) is 60.9 Å². The highest BCUT2D eigenvalue weighted by Crippen LogP contribution is 2.25. The molecule has 2 aromatic carbocycles. The largest absolute Gasteiger partial charge is 0.326 e. The van der Waals surface area contributed by atoms with E-state index in [4.69, 9.17) is 0 Å². The fourth-order valence-corrected chi connectivity index (χ4v) is 4.33. The molecule has 0 aliphatic carbocycles. The number of H-pyrrole nitrogens is 1. The molecule has 32 heavy (non-hydrogen) atoms. The standard InChI is InChI=1S/C25H26N6O/c32-25(28-22-10-4-11-23(15-22)31-14-6-12-27-31)20-9-5-13-30(17-20)18-21-16-26-29-24(21)19-7-2-1-3-8-19/h1-4,6-8,10-12,14-16,20H,5,9,13,17-18H2,(H,26,29)(H,28,32). The Labute approximate surface area is 187 Å². The molecule has 1 saturated heterocycles. The number of benzene rings is 2. The predicted octanol–water partition coefficient (Wildman–Crippen LogP) is 4.11. The zero-order valence-corrected chi connectivity index (χ0v) is 17.8. The summed E-state index contributed by atoms with van der Waals surface area (Å²) in [4.78, 5) is 15.4. The van der Waals surface area contributed by atoms with Gasteiger partial charge >= 0.3 is 0 Å². The minimum Gasteiger partial charge on any atom is -0.326 e. The topological polar surface area (TPSA) is 78.8 Å². The highest BCUT2D eigenvalue weighted by Gasteiger charge is 2.26. The van der Waals surface area contributed by atoms with E-state index in [-0.39, 0.29) is 11.8 Å². The summed E-state index contributed by atoms with van der Waals surface area (Å²) in [5.74, 6) is 0.0342. The molecule has 0 saturated carbocycles. The van der Waals surface area contributed by atoms with Crippen LogP contribution in [0.15, 0.2) is 79.3 Å². The smallest absolute Gasteiger partial charge is 0.228 e. The van der Waals surface area contributed by atoms with E-state index >= 15 is 0 Å². The van der Waals surface area contributed by atoms with Gasteiger partial charge in [0.25, 0.3) is 0 Å². The number of anilines is 1. The molecule has 3 heterocycles. The van der Waals surface area contributed by atoms with Crippen molar-refractivity contribution in [1.29, 1.82) is 0 Å². The Hall–Kier alpha value is -3.71. The van der Waals surface area contributed by atoms with Crippen molar-refractivity contribution in [3.8, 4) is 16.9 Å². The first kappa shape index (κ1) is 20.2. The van der Waals surface area contributed by atoms with Crippen molar-refractivity contribution in [2.75, 3.05) is 18.4 Å². The third-order valence-electron chi connectivity index (χ3n) is 5.93. The number of aromatic nitrogens is 4. The number of hydrogen-bond acceptors (Lipinski definition) is 4. The summed E-state index contributed by atoms with van der Waals surface area (Å²) in [6, 6.07) is 19.9. The molecular weight excluding hydrogens is 400 g/mol. The molecular formula is C25H26N6O. The van der Waals surface area contributed by atoms with Gasteiger partial charge in [-0.25, -0.2) is 4.68 Å². The Bertz CT molecular complexity index is 1170. The van der Waals surface area contributed by atoms with E-state index < -0.39 is 0 Å². The van der Waals surface area contributed by atoms with Crippen LogP contribution >= 0.6 is 0 Å². The molecule has 0 bridgehead atoms. The molecule has 4 aromatic rings. The van der Waals surface area contributed by atoms with Crippen LogP contribution in [0, 0.1) is 5.92 Å². The lowest BCUT2D eigenvalue weighted by atomic mass is 9.96. The molecule has 1 amide bonds. The van der Waals surface area contributed by atoms with Crippen molar-refractivity contribution < 1.29 is 4.79 Å². The summed E-state index contributed by atoms with van der Waals surface area (Å²) >= 11 is 0. The van der Waals surface area contributed by atoms with Gasteiger partial charge in [-0.05, 0) is 49.2 Å². The van der Waals surface area contributed by atoms with E-state index in [0.717, 1.165) is 60.7 Å². The van der Waals surface area contributed by atoms with E-state index in [2.05, 4.69) is 37.6 Å². The number of rotatable bonds is 6. The zero-order chi connectivity index (χ0) is 21.8. The molecule has 0 radical (unpaired) electrons. The molecule has 1 aliphatic heterocycles. The third-order valence-corrected chi connectivity index (χ3v) is 5.93. The molecule has 1 unspecified atom stereocenters. The second-order valence-corrected chi connectivity index (χ2v) is 8.20. The SMILES string of the molecule is O=C(Nc1cccc(-n2cccn2)c1)C1CCCN(Cc2cn[nH]c2-c2ccccc2)C1. The van der Waals surface area contributed by atoms with Crippen molar-refractivity contribution in [2.45, 2.75) is 19.4 Å². The molecule has 7 heteroatoms. The molecule has 0 spiro atoms. The minimum absolute atomic E-state index is 0.0378. The number of carbonyl (C=O) groups excluding carboxylic acids is 1. The van der Waals surface area contributed by atoms with E-state index in [0.29, 0.717) is 0 Å². The van der Waals surface area contributed by atoms with Gasteiger partial charge in [0.1, 0.15) is 0 Å². The van der Waals surface area contributed by atoms with Gasteiger partial charge in [0.05, 0.1) is 23.5 Å². The molecule has 1 fully saturated rings. The second-order valence-electron chi connectivity index (χ2n) is 8.20. The Morgan fingerprint density at radius 3 is 2.88 bits per heavy atom. The van der Waals surface area contributed by atoms with Crippen LogP contribution in [0.5, 0.6) is 0 Å². The normalized spacial score (nSPS) is 16.7. The van der Waals surface area contributed by atoms with Gasteiger partial charge in [-0.1, -0.05) is 36.4 Å². The van der Waals surface area contributed by atoms with Crippen molar-refractivity contribution >= 4 is 11.6 Å². The fourth-order valence-electron chi connectivity index (χ4n) is 4.33. The highest BCUT2D eigenvalue weighted by atomic mass is 16.1. The first-order valence-electron chi connectivity index (χ1n) is 11.0. The van der Waals surface area contributed by atoms with Gasteiger partial charge in [-0.15, -0.1) is 0 Å². The second kappa shape index (κ2) is 9.20. The van der Waals surface area contributed by atoms with Crippen molar-refractivity contribution in [2.24, 2.45) is 5.92 Å². The monoisotopic (exact) mass is 426 g/mol. The number of hydrogen-bond donors (Lipinski definition) is 2. The minimum atomic E-state index is -0.0378. The number of piperidine rings is 1. The first-order valence-corrected chi connectivity index (χ1v) is 11.0. The van der Waals surface area contributed by atoms with Crippen LogP contribution in [-0.2, 0) is 11.3 Å². The van der Waals surface area contributed by atoms with Crippen LogP contribution in [0.25, 0.3) is 16.9 Å². The molecule has 2 N–H and O–H groups in total. The Morgan fingerprint density at radius 2 is 2.03 bits per heavy atom. The van der Waals surface area contributed by atoms with E-state index in [1.54, 1.807) is 10.9 Å². The first-order chi connectivity index (χ1) is 15.8. The summed E-state index contributed by atoms with van der Waals surface area (Å²) in [6.45, 7) is 2.50. The van der Waals surface area contributed by atoms with Gasteiger partial charge in [-0.2, -0.15) is 10.2 Å². The van der Waals surface area contributed by atoms with Gasteiger partial charge < -0.3 is 5.32 Å². The zero-order valence-electron chi connectivity index (χ0n) is 17.8. The predicted molar refractivity (Wildman–Crippen MR) is 124 cm³/mol. The van der Waals surface area contributed by atoms with Crippen molar-refractivity contribution in [1.82, 2.24) is 24.9 Å². The summed E-state index contributed by atoms with van der Waals surface area (Å²) in [7, 11) is 0. The summed E-state index contributed by atoms with van der Waals surface area (Å²) < 4.78 is 1.78.